The lowest BCUT2D eigenvalue weighted by molar-refractivity contribution is 0.153. The molecule has 0 bridgehead atoms. The normalized spacial score (nSPS) is 35.1. The van der Waals surface area contributed by atoms with Crippen molar-refractivity contribution in [3.05, 3.63) is 11.4 Å². The van der Waals surface area contributed by atoms with Gasteiger partial charge in [0.05, 0.1) is 0 Å². The molecule has 0 saturated heterocycles. The van der Waals surface area contributed by atoms with Gasteiger partial charge in [-0.25, -0.2) is 6.57 Å². The summed E-state index contributed by atoms with van der Waals surface area (Å²) in [6.07, 6.45) is 16.7. The molecular formula is C20H35N. The molecule has 0 N–H and O–H groups in total. The zero-order valence-electron chi connectivity index (χ0n) is 14.3. The SMILES string of the molecule is [C-]#[N+]C1CCC(C2CCC(CC(C)CCCC)CC2)CC1. The first-order valence-corrected chi connectivity index (χ1v) is 9.59. The Balaban J connectivity index is 1.65. The minimum absolute atomic E-state index is 0.358. The zero-order chi connectivity index (χ0) is 15.1. The van der Waals surface area contributed by atoms with Crippen molar-refractivity contribution >= 4 is 0 Å². The van der Waals surface area contributed by atoms with Crippen molar-refractivity contribution in [2.24, 2.45) is 23.7 Å². The van der Waals surface area contributed by atoms with Crippen LogP contribution in [-0.4, -0.2) is 6.04 Å². The van der Waals surface area contributed by atoms with Gasteiger partial charge in [0.2, 0.25) is 6.04 Å². The van der Waals surface area contributed by atoms with E-state index in [1.807, 2.05) is 0 Å². The molecule has 2 aliphatic carbocycles. The lowest BCUT2D eigenvalue weighted by Gasteiger charge is -2.36. The lowest BCUT2D eigenvalue weighted by atomic mass is 9.69. The number of hydrogen-bond donors (Lipinski definition) is 0. The van der Waals surface area contributed by atoms with Gasteiger partial charge in [-0.2, -0.15) is 0 Å². The molecule has 0 heterocycles. The fraction of sp³-hybridized carbons (Fsp3) is 0.950. The summed E-state index contributed by atoms with van der Waals surface area (Å²) in [6.45, 7) is 11.9. The number of hydrogen-bond acceptors (Lipinski definition) is 0. The highest BCUT2D eigenvalue weighted by molar-refractivity contribution is 4.88. The van der Waals surface area contributed by atoms with Crippen LogP contribution in [0.3, 0.4) is 0 Å². The third-order valence-corrected chi connectivity index (χ3v) is 6.27. The Labute approximate surface area is 132 Å². The summed E-state index contributed by atoms with van der Waals surface area (Å²) in [7, 11) is 0. The van der Waals surface area contributed by atoms with Crippen molar-refractivity contribution < 1.29 is 0 Å². The van der Waals surface area contributed by atoms with Crippen LogP contribution < -0.4 is 0 Å². The summed E-state index contributed by atoms with van der Waals surface area (Å²) in [5.41, 5.74) is 0. The molecule has 1 atom stereocenters. The van der Waals surface area contributed by atoms with Gasteiger partial charge in [-0.05, 0) is 55.8 Å². The van der Waals surface area contributed by atoms with Crippen LogP contribution in [0.2, 0.25) is 0 Å². The first-order chi connectivity index (χ1) is 10.2. The van der Waals surface area contributed by atoms with Crippen molar-refractivity contribution in [2.75, 3.05) is 0 Å². The molecule has 0 aliphatic heterocycles. The van der Waals surface area contributed by atoms with Gasteiger partial charge in [0.15, 0.2) is 0 Å². The van der Waals surface area contributed by atoms with E-state index in [4.69, 9.17) is 6.57 Å². The molecule has 120 valence electrons. The van der Waals surface area contributed by atoms with E-state index >= 15 is 0 Å². The third kappa shape index (κ3) is 5.32. The predicted octanol–water partition coefficient (Wildman–Crippen LogP) is 6.49. The quantitative estimate of drug-likeness (QED) is 0.492. The molecule has 0 aromatic rings. The molecule has 2 fully saturated rings. The predicted molar refractivity (Wildman–Crippen MR) is 91.1 cm³/mol. The summed E-state index contributed by atoms with van der Waals surface area (Å²) < 4.78 is 0. The highest BCUT2D eigenvalue weighted by Crippen LogP contribution is 2.42. The molecule has 21 heavy (non-hydrogen) atoms. The zero-order valence-corrected chi connectivity index (χ0v) is 14.3. The van der Waals surface area contributed by atoms with Gasteiger partial charge >= 0.3 is 0 Å². The molecule has 0 aromatic heterocycles. The fourth-order valence-electron chi connectivity index (χ4n) is 4.84. The van der Waals surface area contributed by atoms with Crippen LogP contribution in [0.5, 0.6) is 0 Å². The average molecular weight is 290 g/mol. The van der Waals surface area contributed by atoms with E-state index in [1.54, 1.807) is 0 Å². The van der Waals surface area contributed by atoms with Crippen molar-refractivity contribution in [2.45, 2.75) is 96.9 Å². The van der Waals surface area contributed by atoms with Gasteiger partial charge < -0.3 is 4.85 Å². The molecule has 1 nitrogen and oxygen atoms in total. The number of unbranched alkanes of at least 4 members (excludes halogenated alkanes) is 1. The van der Waals surface area contributed by atoms with E-state index in [2.05, 4.69) is 18.7 Å². The Morgan fingerprint density at radius 1 is 0.952 bits per heavy atom. The molecule has 0 spiro atoms. The van der Waals surface area contributed by atoms with E-state index < -0.39 is 0 Å². The summed E-state index contributed by atoms with van der Waals surface area (Å²) in [4.78, 5) is 3.75. The molecule has 1 unspecified atom stereocenters. The van der Waals surface area contributed by atoms with Crippen LogP contribution >= 0.6 is 0 Å². The minimum Gasteiger partial charge on any atom is -0.314 e. The van der Waals surface area contributed by atoms with Crippen LogP contribution in [-0.2, 0) is 0 Å². The minimum atomic E-state index is 0.358. The third-order valence-electron chi connectivity index (χ3n) is 6.27. The van der Waals surface area contributed by atoms with E-state index in [9.17, 15) is 0 Å². The van der Waals surface area contributed by atoms with Gasteiger partial charge in [0.25, 0.3) is 0 Å². The van der Waals surface area contributed by atoms with Gasteiger partial charge in [-0.1, -0.05) is 46.0 Å². The van der Waals surface area contributed by atoms with Crippen molar-refractivity contribution in [1.82, 2.24) is 0 Å². The Morgan fingerprint density at radius 3 is 2.05 bits per heavy atom. The topological polar surface area (TPSA) is 4.36 Å². The van der Waals surface area contributed by atoms with Crippen LogP contribution in [0.4, 0.5) is 0 Å². The second-order valence-electron chi connectivity index (χ2n) is 7.96. The highest BCUT2D eigenvalue weighted by Gasteiger charge is 2.32. The maximum Gasteiger partial charge on any atom is 0.223 e. The van der Waals surface area contributed by atoms with Crippen molar-refractivity contribution in [3.8, 4) is 0 Å². The fourth-order valence-corrected chi connectivity index (χ4v) is 4.84. The summed E-state index contributed by atoms with van der Waals surface area (Å²) in [5.74, 6) is 3.92. The van der Waals surface area contributed by atoms with E-state index in [1.165, 1.54) is 77.0 Å². The summed E-state index contributed by atoms with van der Waals surface area (Å²) >= 11 is 0. The monoisotopic (exact) mass is 289 g/mol. The number of nitrogens with zero attached hydrogens (tertiary/aromatic N) is 1. The molecule has 0 amide bonds. The van der Waals surface area contributed by atoms with E-state index in [0.29, 0.717) is 6.04 Å². The van der Waals surface area contributed by atoms with Crippen molar-refractivity contribution in [3.63, 3.8) is 0 Å². The summed E-state index contributed by atoms with van der Waals surface area (Å²) in [6, 6.07) is 0.358. The Kier molecular flexibility index (Phi) is 7.08. The van der Waals surface area contributed by atoms with E-state index in [0.717, 1.165) is 23.7 Å². The largest absolute Gasteiger partial charge is 0.314 e. The second kappa shape index (κ2) is 8.82. The molecule has 2 rings (SSSR count). The molecular weight excluding hydrogens is 254 g/mol. The number of rotatable bonds is 6. The standard InChI is InChI=1S/C20H35N/c1-4-5-6-16(2)15-17-7-9-18(10-8-17)19-11-13-20(21-3)14-12-19/h16-20H,4-15H2,1-2H3. The average Bonchev–Trinajstić information content (AvgIpc) is 2.54. The maximum atomic E-state index is 7.17. The Morgan fingerprint density at radius 2 is 1.52 bits per heavy atom. The van der Waals surface area contributed by atoms with E-state index in [-0.39, 0.29) is 0 Å². The van der Waals surface area contributed by atoms with Gasteiger partial charge in [-0.15, -0.1) is 0 Å². The molecule has 0 aromatic carbocycles. The second-order valence-corrected chi connectivity index (χ2v) is 7.96. The van der Waals surface area contributed by atoms with Crippen LogP contribution in [0, 0.1) is 30.2 Å². The van der Waals surface area contributed by atoms with Crippen LogP contribution in [0.1, 0.15) is 90.9 Å². The maximum absolute atomic E-state index is 7.17. The van der Waals surface area contributed by atoms with Gasteiger partial charge in [-0.3, -0.25) is 0 Å². The van der Waals surface area contributed by atoms with Gasteiger partial charge in [0, 0.05) is 12.8 Å². The smallest absolute Gasteiger partial charge is 0.223 e. The summed E-state index contributed by atoms with van der Waals surface area (Å²) in [5, 5.41) is 0. The van der Waals surface area contributed by atoms with Gasteiger partial charge in [0.1, 0.15) is 0 Å². The molecule has 1 heteroatoms. The lowest BCUT2D eigenvalue weighted by Crippen LogP contribution is -2.27. The molecule has 2 saturated carbocycles. The van der Waals surface area contributed by atoms with Crippen LogP contribution in [0.15, 0.2) is 0 Å². The first kappa shape index (κ1) is 16.9. The Bertz CT molecular complexity index is 313. The molecule has 0 radical (unpaired) electrons. The highest BCUT2D eigenvalue weighted by atomic mass is 14.7. The first-order valence-electron chi connectivity index (χ1n) is 9.59. The van der Waals surface area contributed by atoms with Crippen LogP contribution in [0.25, 0.3) is 4.85 Å². The molecule has 2 aliphatic rings. The Hall–Kier alpha value is -0.510. The van der Waals surface area contributed by atoms with Crippen molar-refractivity contribution in [1.29, 1.82) is 0 Å².